The molecule has 0 heterocycles. The summed E-state index contributed by atoms with van der Waals surface area (Å²) in [5.41, 5.74) is 1.44. The lowest BCUT2D eigenvalue weighted by molar-refractivity contribution is 0.426. The lowest BCUT2D eigenvalue weighted by atomic mass is 9.83. The van der Waals surface area contributed by atoms with Gasteiger partial charge in [-0.05, 0) is 23.5 Å². The van der Waals surface area contributed by atoms with Gasteiger partial charge in [-0.1, -0.05) is 34.6 Å². The van der Waals surface area contributed by atoms with Gasteiger partial charge in [0.2, 0.25) is 0 Å². The number of phenols is 2. The lowest BCUT2D eigenvalue weighted by Crippen LogP contribution is -2.12. The van der Waals surface area contributed by atoms with Crippen LogP contribution in [0.2, 0.25) is 0 Å². The van der Waals surface area contributed by atoms with Crippen LogP contribution in [0.1, 0.15) is 51.7 Å². The van der Waals surface area contributed by atoms with E-state index in [0.717, 1.165) is 11.1 Å². The third-order valence-electron chi connectivity index (χ3n) is 2.55. The highest BCUT2D eigenvalue weighted by molar-refractivity contribution is 5.50. The van der Waals surface area contributed by atoms with Crippen molar-refractivity contribution in [2.24, 2.45) is 0 Å². The van der Waals surface area contributed by atoms with Gasteiger partial charge in [0.1, 0.15) is 11.5 Å². The maximum Gasteiger partial charge on any atom is 0.123 e. The molecule has 0 aromatic heterocycles. The van der Waals surface area contributed by atoms with Crippen LogP contribution in [0.5, 0.6) is 11.5 Å². The third-order valence-corrected chi connectivity index (χ3v) is 2.55. The first kappa shape index (κ1) is 11.9. The molecule has 1 aromatic rings. The number of hydrogen-bond acceptors (Lipinski definition) is 2. The second-order valence-electron chi connectivity index (χ2n) is 5.34. The summed E-state index contributed by atoms with van der Waals surface area (Å²) in [6.07, 6.45) is 0. The molecule has 0 saturated heterocycles. The molecule has 0 aliphatic rings. The predicted octanol–water partition coefficient (Wildman–Crippen LogP) is 3.52. The standard InChI is InChI=1S/C13H20O2/c1-8(2)10-6-9(14)7-11(12(10)15)13(3,4)5/h6-8,14-15H,1-5H3. The molecule has 0 saturated carbocycles. The largest absolute Gasteiger partial charge is 0.508 e. The third kappa shape index (κ3) is 2.44. The number of phenolic OH excluding ortho intramolecular Hbond substituents is 2. The fourth-order valence-electron chi connectivity index (χ4n) is 1.65. The van der Waals surface area contributed by atoms with Gasteiger partial charge in [-0.25, -0.2) is 0 Å². The summed E-state index contributed by atoms with van der Waals surface area (Å²) in [6, 6.07) is 3.27. The Hall–Kier alpha value is -1.18. The molecule has 84 valence electrons. The van der Waals surface area contributed by atoms with Crippen LogP contribution in [0.15, 0.2) is 12.1 Å². The van der Waals surface area contributed by atoms with Gasteiger partial charge in [0, 0.05) is 11.1 Å². The van der Waals surface area contributed by atoms with Gasteiger partial charge in [0.05, 0.1) is 0 Å². The minimum atomic E-state index is -0.160. The summed E-state index contributed by atoms with van der Waals surface area (Å²) in [4.78, 5) is 0. The summed E-state index contributed by atoms with van der Waals surface area (Å²) >= 11 is 0. The van der Waals surface area contributed by atoms with Gasteiger partial charge in [0.25, 0.3) is 0 Å². The molecule has 0 aliphatic carbocycles. The van der Waals surface area contributed by atoms with Crippen molar-refractivity contribution in [3.05, 3.63) is 23.3 Å². The van der Waals surface area contributed by atoms with Gasteiger partial charge in [-0.15, -0.1) is 0 Å². The zero-order valence-corrected chi connectivity index (χ0v) is 10.1. The molecular formula is C13H20O2. The van der Waals surface area contributed by atoms with Crippen LogP contribution >= 0.6 is 0 Å². The maximum atomic E-state index is 10.1. The van der Waals surface area contributed by atoms with Gasteiger partial charge in [-0.3, -0.25) is 0 Å². The Bertz CT molecular complexity index is 360. The summed E-state index contributed by atoms with van der Waals surface area (Å²) < 4.78 is 0. The predicted molar refractivity (Wildman–Crippen MR) is 62.6 cm³/mol. The first-order valence-electron chi connectivity index (χ1n) is 5.30. The smallest absolute Gasteiger partial charge is 0.123 e. The van der Waals surface area contributed by atoms with Gasteiger partial charge in [0.15, 0.2) is 0 Å². The molecule has 2 N–H and O–H groups in total. The normalized spacial score (nSPS) is 12.1. The Morgan fingerprint density at radius 3 is 2.00 bits per heavy atom. The molecule has 0 spiro atoms. The summed E-state index contributed by atoms with van der Waals surface area (Å²) in [5.74, 6) is 0.745. The van der Waals surface area contributed by atoms with Crippen molar-refractivity contribution >= 4 is 0 Å². The van der Waals surface area contributed by atoms with Crippen molar-refractivity contribution < 1.29 is 10.2 Å². The molecule has 2 heteroatoms. The van der Waals surface area contributed by atoms with E-state index in [2.05, 4.69) is 0 Å². The van der Waals surface area contributed by atoms with E-state index in [1.807, 2.05) is 34.6 Å². The topological polar surface area (TPSA) is 40.5 Å². The fourth-order valence-corrected chi connectivity index (χ4v) is 1.65. The fraction of sp³-hybridized carbons (Fsp3) is 0.538. The van der Waals surface area contributed by atoms with E-state index in [-0.39, 0.29) is 17.1 Å². The minimum absolute atomic E-state index is 0.160. The average Bonchev–Trinajstić information content (AvgIpc) is 2.06. The van der Waals surface area contributed by atoms with Crippen LogP contribution in [0, 0.1) is 0 Å². The quantitative estimate of drug-likeness (QED) is 0.693. The molecule has 0 bridgehead atoms. The van der Waals surface area contributed by atoms with E-state index in [0.29, 0.717) is 5.75 Å². The van der Waals surface area contributed by atoms with E-state index < -0.39 is 0 Å². The molecule has 0 radical (unpaired) electrons. The monoisotopic (exact) mass is 208 g/mol. The van der Waals surface area contributed by atoms with Gasteiger partial charge >= 0.3 is 0 Å². The summed E-state index contributed by atoms with van der Waals surface area (Å²) in [6.45, 7) is 10.1. The minimum Gasteiger partial charge on any atom is -0.508 e. The molecule has 1 rings (SSSR count). The molecule has 15 heavy (non-hydrogen) atoms. The molecule has 0 fully saturated rings. The average molecular weight is 208 g/mol. The van der Waals surface area contributed by atoms with Crippen LogP contribution in [-0.4, -0.2) is 10.2 Å². The molecular weight excluding hydrogens is 188 g/mol. The summed E-state index contributed by atoms with van der Waals surface area (Å²) in [5, 5.41) is 19.7. The molecule has 0 atom stereocenters. The van der Waals surface area contributed by atoms with E-state index in [1.165, 1.54) is 0 Å². The van der Waals surface area contributed by atoms with Crippen LogP contribution < -0.4 is 0 Å². The first-order valence-corrected chi connectivity index (χ1v) is 5.30. The Morgan fingerprint density at radius 2 is 1.60 bits per heavy atom. The lowest BCUT2D eigenvalue weighted by Gasteiger charge is -2.23. The van der Waals surface area contributed by atoms with E-state index in [4.69, 9.17) is 0 Å². The van der Waals surface area contributed by atoms with Crippen molar-refractivity contribution in [3.63, 3.8) is 0 Å². The van der Waals surface area contributed by atoms with Crippen molar-refractivity contribution in [1.82, 2.24) is 0 Å². The van der Waals surface area contributed by atoms with Crippen LogP contribution in [0.3, 0.4) is 0 Å². The Kier molecular flexibility index (Phi) is 2.98. The molecule has 0 aliphatic heterocycles. The Labute approximate surface area is 91.6 Å². The summed E-state index contributed by atoms with van der Waals surface area (Å²) in [7, 11) is 0. The van der Waals surface area contributed by atoms with Crippen molar-refractivity contribution in [2.45, 2.75) is 46.0 Å². The number of aromatic hydroxyl groups is 2. The maximum absolute atomic E-state index is 10.1. The van der Waals surface area contributed by atoms with Crippen molar-refractivity contribution in [3.8, 4) is 11.5 Å². The zero-order valence-electron chi connectivity index (χ0n) is 10.1. The van der Waals surface area contributed by atoms with Crippen LogP contribution in [-0.2, 0) is 5.41 Å². The first-order chi connectivity index (χ1) is 6.73. The second kappa shape index (κ2) is 3.76. The van der Waals surface area contributed by atoms with Crippen LogP contribution in [0.4, 0.5) is 0 Å². The van der Waals surface area contributed by atoms with Gasteiger partial charge in [-0.2, -0.15) is 0 Å². The molecule has 0 unspecified atom stereocenters. The zero-order chi connectivity index (χ0) is 11.8. The Balaban J connectivity index is 3.42. The number of hydrogen-bond donors (Lipinski definition) is 2. The number of benzene rings is 1. The van der Waals surface area contributed by atoms with Crippen molar-refractivity contribution in [2.75, 3.05) is 0 Å². The number of rotatable bonds is 1. The van der Waals surface area contributed by atoms with Crippen LogP contribution in [0.25, 0.3) is 0 Å². The highest BCUT2D eigenvalue weighted by atomic mass is 16.3. The van der Waals surface area contributed by atoms with E-state index >= 15 is 0 Å². The molecule has 2 nitrogen and oxygen atoms in total. The Morgan fingerprint density at radius 1 is 1.07 bits per heavy atom. The second-order valence-corrected chi connectivity index (χ2v) is 5.34. The van der Waals surface area contributed by atoms with E-state index in [9.17, 15) is 10.2 Å². The SMILES string of the molecule is CC(C)c1cc(O)cc(C(C)(C)C)c1O. The highest BCUT2D eigenvalue weighted by Crippen LogP contribution is 2.39. The van der Waals surface area contributed by atoms with Crippen molar-refractivity contribution in [1.29, 1.82) is 0 Å². The van der Waals surface area contributed by atoms with Gasteiger partial charge < -0.3 is 10.2 Å². The highest BCUT2D eigenvalue weighted by Gasteiger charge is 2.22. The molecule has 0 amide bonds. The molecule has 1 aromatic carbocycles. The van der Waals surface area contributed by atoms with E-state index in [1.54, 1.807) is 12.1 Å².